The van der Waals surface area contributed by atoms with Crippen molar-refractivity contribution in [1.82, 2.24) is 9.97 Å². The van der Waals surface area contributed by atoms with E-state index in [9.17, 15) is 18.0 Å². The fourth-order valence-electron chi connectivity index (χ4n) is 2.29. The predicted molar refractivity (Wildman–Crippen MR) is 58.9 cm³/mol. The molecule has 0 unspecified atom stereocenters. The first-order chi connectivity index (χ1) is 8.24. The monoisotopic (exact) mass is 261 g/mol. The second-order valence-electron chi connectivity index (χ2n) is 4.75. The fourth-order valence-corrected chi connectivity index (χ4v) is 2.29. The van der Waals surface area contributed by atoms with Gasteiger partial charge in [-0.3, -0.25) is 4.79 Å². The first kappa shape index (κ1) is 13.1. The average Bonchev–Trinajstić information content (AvgIpc) is 2.68. The zero-order valence-electron chi connectivity index (χ0n) is 9.90. The van der Waals surface area contributed by atoms with E-state index in [1.54, 1.807) is 0 Å². The van der Waals surface area contributed by atoms with Gasteiger partial charge in [0, 0.05) is 5.56 Å². The molecule has 4 nitrogen and oxygen atoms in total. The minimum Gasteiger partial charge on any atom is -0.319 e. The van der Waals surface area contributed by atoms with Crippen molar-refractivity contribution in [2.75, 3.05) is 0 Å². The Kier molecular flexibility index (Phi) is 2.96. The van der Waals surface area contributed by atoms with E-state index >= 15 is 0 Å². The molecule has 0 bridgehead atoms. The first-order valence-electron chi connectivity index (χ1n) is 5.71. The number of aromatic amines is 1. The smallest absolute Gasteiger partial charge is 0.319 e. The zero-order chi connectivity index (χ0) is 13.6. The summed E-state index contributed by atoms with van der Waals surface area (Å²) in [6.07, 6.45) is -1.90. The molecule has 1 aliphatic carbocycles. The van der Waals surface area contributed by atoms with Gasteiger partial charge >= 0.3 is 6.18 Å². The van der Waals surface area contributed by atoms with E-state index < -0.39 is 28.5 Å². The van der Waals surface area contributed by atoms with Crippen LogP contribution >= 0.6 is 0 Å². The minimum atomic E-state index is -4.64. The maximum absolute atomic E-state index is 12.8. The molecule has 1 saturated carbocycles. The SMILES string of the molecule is Cc1c(C(F)(F)F)nc(C2(N)CCCC2)[nH]c1=O. The van der Waals surface area contributed by atoms with Crippen LogP contribution in [-0.4, -0.2) is 9.97 Å². The van der Waals surface area contributed by atoms with Crippen LogP contribution < -0.4 is 11.3 Å². The Morgan fingerprint density at radius 2 is 1.89 bits per heavy atom. The number of hydrogen-bond acceptors (Lipinski definition) is 3. The third-order valence-electron chi connectivity index (χ3n) is 3.39. The summed E-state index contributed by atoms with van der Waals surface area (Å²) in [7, 11) is 0. The van der Waals surface area contributed by atoms with Crippen LogP contribution in [0.5, 0.6) is 0 Å². The van der Waals surface area contributed by atoms with Gasteiger partial charge in [-0.2, -0.15) is 13.2 Å². The normalized spacial score (nSPS) is 19.2. The van der Waals surface area contributed by atoms with Gasteiger partial charge in [0.15, 0.2) is 5.69 Å². The topological polar surface area (TPSA) is 71.8 Å². The van der Waals surface area contributed by atoms with E-state index in [1.165, 1.54) is 0 Å². The van der Waals surface area contributed by atoms with Gasteiger partial charge in [-0.15, -0.1) is 0 Å². The minimum absolute atomic E-state index is 0.0528. The lowest BCUT2D eigenvalue weighted by atomic mass is 9.98. The Morgan fingerprint density at radius 3 is 2.39 bits per heavy atom. The Balaban J connectivity index is 2.58. The lowest BCUT2D eigenvalue weighted by Gasteiger charge is -2.23. The van der Waals surface area contributed by atoms with Gasteiger partial charge in [0.1, 0.15) is 5.82 Å². The van der Waals surface area contributed by atoms with Gasteiger partial charge in [-0.25, -0.2) is 4.98 Å². The van der Waals surface area contributed by atoms with Gasteiger partial charge in [-0.05, 0) is 19.8 Å². The molecule has 0 saturated heterocycles. The maximum Gasteiger partial charge on any atom is 0.433 e. The molecule has 1 aromatic rings. The van der Waals surface area contributed by atoms with Gasteiger partial charge in [0.25, 0.3) is 5.56 Å². The van der Waals surface area contributed by atoms with Crippen molar-refractivity contribution in [3.63, 3.8) is 0 Å². The largest absolute Gasteiger partial charge is 0.433 e. The van der Waals surface area contributed by atoms with Crippen molar-refractivity contribution in [3.8, 4) is 0 Å². The molecule has 1 aliphatic rings. The lowest BCUT2D eigenvalue weighted by molar-refractivity contribution is -0.142. The molecule has 0 aromatic carbocycles. The van der Waals surface area contributed by atoms with Crippen molar-refractivity contribution in [3.05, 3.63) is 27.4 Å². The fraction of sp³-hybridized carbons (Fsp3) is 0.636. The Morgan fingerprint density at radius 1 is 1.33 bits per heavy atom. The van der Waals surface area contributed by atoms with Crippen molar-refractivity contribution >= 4 is 0 Å². The highest BCUT2D eigenvalue weighted by molar-refractivity contribution is 5.22. The molecule has 2 rings (SSSR count). The molecule has 1 fully saturated rings. The summed E-state index contributed by atoms with van der Waals surface area (Å²) in [5, 5.41) is 0. The van der Waals surface area contributed by atoms with Crippen LogP contribution in [-0.2, 0) is 11.7 Å². The van der Waals surface area contributed by atoms with Crippen LogP contribution in [0.4, 0.5) is 13.2 Å². The van der Waals surface area contributed by atoms with Crippen molar-refractivity contribution in [2.24, 2.45) is 5.73 Å². The van der Waals surface area contributed by atoms with Crippen molar-refractivity contribution in [2.45, 2.75) is 44.3 Å². The Bertz CT molecular complexity index is 515. The predicted octanol–water partition coefficient (Wildman–Crippen LogP) is 1.83. The summed E-state index contributed by atoms with van der Waals surface area (Å²) in [5.74, 6) is -0.0528. The molecule has 0 atom stereocenters. The molecule has 3 N–H and O–H groups in total. The summed E-state index contributed by atoms with van der Waals surface area (Å²) >= 11 is 0. The number of H-pyrrole nitrogens is 1. The number of nitrogens with two attached hydrogens (primary N) is 1. The molecule has 0 spiro atoms. The van der Waals surface area contributed by atoms with Crippen LogP contribution in [0.2, 0.25) is 0 Å². The van der Waals surface area contributed by atoms with Gasteiger partial charge < -0.3 is 10.7 Å². The standard InChI is InChI=1S/C11H14F3N3O/c1-6-7(11(12,13)14)16-9(17-8(6)18)10(15)4-2-3-5-10/h2-5,15H2,1H3,(H,16,17,18). The van der Waals surface area contributed by atoms with Crippen molar-refractivity contribution < 1.29 is 13.2 Å². The number of nitrogens with one attached hydrogen (secondary N) is 1. The van der Waals surface area contributed by atoms with Gasteiger partial charge in [0.2, 0.25) is 0 Å². The molecule has 0 radical (unpaired) electrons. The van der Waals surface area contributed by atoms with Gasteiger partial charge in [-0.1, -0.05) is 12.8 Å². The van der Waals surface area contributed by atoms with E-state index in [4.69, 9.17) is 5.73 Å². The summed E-state index contributed by atoms with van der Waals surface area (Å²) in [6.45, 7) is 1.11. The summed E-state index contributed by atoms with van der Waals surface area (Å²) < 4.78 is 38.3. The highest BCUT2D eigenvalue weighted by Crippen LogP contribution is 2.36. The van der Waals surface area contributed by atoms with Crippen LogP contribution in [0, 0.1) is 6.92 Å². The first-order valence-corrected chi connectivity index (χ1v) is 5.71. The lowest BCUT2D eigenvalue weighted by Crippen LogP contribution is -2.38. The van der Waals surface area contributed by atoms with E-state index in [0.717, 1.165) is 19.8 Å². The number of hydrogen-bond donors (Lipinski definition) is 2. The molecular weight excluding hydrogens is 247 g/mol. The van der Waals surface area contributed by atoms with Crippen LogP contribution in [0.1, 0.15) is 42.8 Å². The Labute approximate surface area is 101 Å². The number of halogens is 3. The zero-order valence-corrected chi connectivity index (χ0v) is 9.90. The van der Waals surface area contributed by atoms with E-state index in [1.807, 2.05) is 0 Å². The average molecular weight is 261 g/mol. The number of alkyl halides is 3. The molecular formula is C11H14F3N3O. The van der Waals surface area contributed by atoms with Gasteiger partial charge in [0.05, 0.1) is 5.54 Å². The number of nitrogens with zero attached hydrogens (tertiary/aromatic N) is 1. The second kappa shape index (κ2) is 4.08. The molecule has 7 heteroatoms. The van der Waals surface area contributed by atoms with Crippen LogP contribution in [0.3, 0.4) is 0 Å². The van der Waals surface area contributed by atoms with E-state index in [2.05, 4.69) is 9.97 Å². The maximum atomic E-state index is 12.8. The van der Waals surface area contributed by atoms with E-state index in [0.29, 0.717) is 12.8 Å². The highest BCUT2D eigenvalue weighted by atomic mass is 19.4. The highest BCUT2D eigenvalue weighted by Gasteiger charge is 2.40. The quantitative estimate of drug-likeness (QED) is 0.810. The third kappa shape index (κ3) is 2.14. The number of aromatic nitrogens is 2. The molecule has 0 aliphatic heterocycles. The molecule has 1 aromatic heterocycles. The third-order valence-corrected chi connectivity index (χ3v) is 3.39. The number of rotatable bonds is 1. The molecule has 18 heavy (non-hydrogen) atoms. The van der Waals surface area contributed by atoms with Crippen LogP contribution in [0.25, 0.3) is 0 Å². The molecule has 1 heterocycles. The Hall–Kier alpha value is -1.37. The second-order valence-corrected chi connectivity index (χ2v) is 4.75. The van der Waals surface area contributed by atoms with Crippen LogP contribution in [0.15, 0.2) is 4.79 Å². The molecule has 0 amide bonds. The summed E-state index contributed by atoms with van der Waals surface area (Å²) in [6, 6.07) is 0. The molecule has 100 valence electrons. The van der Waals surface area contributed by atoms with E-state index in [-0.39, 0.29) is 5.82 Å². The summed E-state index contributed by atoms with van der Waals surface area (Å²) in [4.78, 5) is 17.5. The van der Waals surface area contributed by atoms with Crippen molar-refractivity contribution in [1.29, 1.82) is 0 Å². The summed E-state index contributed by atoms with van der Waals surface area (Å²) in [5.41, 5.74) is 2.74.